The minimum Gasteiger partial charge on any atom is -0.351 e. The molecule has 0 bridgehead atoms. The molecule has 1 N–H and O–H groups in total. The number of carbonyl (C=O) groups is 2. The topological polar surface area (TPSA) is 62.3 Å². The Labute approximate surface area is 115 Å². The Bertz CT molecular complexity index is 516. The molecule has 7 heteroatoms. The minimum atomic E-state index is -1.31. The van der Waals surface area contributed by atoms with Gasteiger partial charge in [0.1, 0.15) is 0 Å². The van der Waals surface area contributed by atoms with Gasteiger partial charge in [0.15, 0.2) is 5.82 Å². The highest BCUT2D eigenvalue weighted by Crippen LogP contribution is 2.10. The first kappa shape index (κ1) is 14.4. The van der Waals surface area contributed by atoms with E-state index in [4.69, 9.17) is 0 Å². The van der Waals surface area contributed by atoms with Crippen molar-refractivity contribution in [1.29, 1.82) is 0 Å². The van der Waals surface area contributed by atoms with Crippen LogP contribution in [0.1, 0.15) is 29.6 Å². The van der Waals surface area contributed by atoms with Crippen molar-refractivity contribution in [3.8, 4) is 0 Å². The summed E-state index contributed by atoms with van der Waals surface area (Å²) in [5.41, 5.74) is -0.411. The Kier molecular flexibility index (Phi) is 4.60. The first-order valence-corrected chi connectivity index (χ1v) is 6.45. The lowest BCUT2D eigenvalue weighted by Gasteiger charge is -2.15. The molecule has 1 aromatic heterocycles. The van der Waals surface area contributed by atoms with Gasteiger partial charge in [-0.3, -0.25) is 9.59 Å². The molecule has 0 unspecified atom stereocenters. The zero-order valence-corrected chi connectivity index (χ0v) is 10.9. The van der Waals surface area contributed by atoms with Gasteiger partial charge >= 0.3 is 0 Å². The second-order valence-corrected chi connectivity index (χ2v) is 4.56. The van der Waals surface area contributed by atoms with Gasteiger partial charge in [0.2, 0.25) is 11.9 Å². The molecule has 108 valence electrons. The molecule has 20 heavy (non-hydrogen) atoms. The first-order chi connectivity index (χ1) is 9.59. The van der Waals surface area contributed by atoms with Gasteiger partial charge in [0, 0.05) is 32.3 Å². The van der Waals surface area contributed by atoms with Crippen LogP contribution in [0.25, 0.3) is 0 Å². The van der Waals surface area contributed by atoms with E-state index in [9.17, 15) is 18.4 Å². The zero-order chi connectivity index (χ0) is 14.5. The summed E-state index contributed by atoms with van der Waals surface area (Å²) < 4.78 is 26.2. The molecule has 0 atom stereocenters. The Morgan fingerprint density at radius 1 is 1.30 bits per heavy atom. The van der Waals surface area contributed by atoms with E-state index in [1.54, 1.807) is 4.90 Å². The normalized spacial score (nSPS) is 14.4. The van der Waals surface area contributed by atoms with Gasteiger partial charge in [-0.05, 0) is 18.9 Å². The molecule has 0 aromatic carbocycles. The number of nitrogens with one attached hydrogen (secondary N) is 1. The molecule has 0 aliphatic carbocycles. The number of likely N-dealkylation sites (tertiary alicyclic amines) is 1. The van der Waals surface area contributed by atoms with Gasteiger partial charge in [-0.25, -0.2) is 9.37 Å². The molecule has 1 aromatic rings. The van der Waals surface area contributed by atoms with Crippen molar-refractivity contribution in [3.63, 3.8) is 0 Å². The van der Waals surface area contributed by atoms with E-state index in [0.29, 0.717) is 0 Å². The number of amides is 2. The lowest BCUT2D eigenvalue weighted by molar-refractivity contribution is -0.129. The van der Waals surface area contributed by atoms with Crippen LogP contribution in [0.4, 0.5) is 8.78 Å². The third-order valence-corrected chi connectivity index (χ3v) is 3.17. The highest BCUT2D eigenvalue weighted by Gasteiger charge is 2.19. The van der Waals surface area contributed by atoms with Crippen LogP contribution < -0.4 is 5.32 Å². The summed E-state index contributed by atoms with van der Waals surface area (Å²) >= 11 is 0. The predicted octanol–water partition coefficient (Wildman–Crippen LogP) is 1.10. The average Bonchev–Trinajstić information content (AvgIpc) is 2.95. The quantitative estimate of drug-likeness (QED) is 0.842. The molecular weight excluding hydrogens is 268 g/mol. The van der Waals surface area contributed by atoms with Crippen LogP contribution in [0, 0.1) is 11.8 Å². The maximum absolute atomic E-state index is 13.3. The molecule has 0 spiro atoms. The Morgan fingerprint density at radius 2 is 2.00 bits per heavy atom. The summed E-state index contributed by atoms with van der Waals surface area (Å²) in [5, 5.41) is 2.40. The summed E-state index contributed by atoms with van der Waals surface area (Å²) in [6.07, 6.45) is 3.17. The van der Waals surface area contributed by atoms with Crippen LogP contribution in [0.15, 0.2) is 12.3 Å². The lowest BCUT2D eigenvalue weighted by Crippen LogP contribution is -2.33. The molecule has 2 rings (SSSR count). The largest absolute Gasteiger partial charge is 0.351 e. The highest BCUT2D eigenvalue weighted by atomic mass is 19.2. The fraction of sp³-hybridized carbons (Fsp3) is 0.462. The van der Waals surface area contributed by atoms with Crippen molar-refractivity contribution in [2.75, 3.05) is 19.6 Å². The molecular formula is C13H15F2N3O2. The number of nitrogens with zero attached hydrogens (tertiary/aromatic N) is 2. The second kappa shape index (κ2) is 6.40. The number of hydrogen-bond donors (Lipinski definition) is 1. The van der Waals surface area contributed by atoms with Crippen LogP contribution in [-0.4, -0.2) is 41.3 Å². The maximum Gasteiger partial charge on any atom is 0.254 e. The summed E-state index contributed by atoms with van der Waals surface area (Å²) in [7, 11) is 0. The lowest BCUT2D eigenvalue weighted by atomic mass is 10.2. The van der Waals surface area contributed by atoms with Gasteiger partial charge < -0.3 is 10.2 Å². The second-order valence-electron chi connectivity index (χ2n) is 4.56. The van der Waals surface area contributed by atoms with E-state index in [0.717, 1.165) is 38.2 Å². The van der Waals surface area contributed by atoms with Crippen LogP contribution in [-0.2, 0) is 4.79 Å². The molecule has 1 aliphatic rings. The van der Waals surface area contributed by atoms with Crippen molar-refractivity contribution in [1.82, 2.24) is 15.2 Å². The van der Waals surface area contributed by atoms with Gasteiger partial charge in [-0.2, -0.15) is 4.39 Å². The zero-order valence-electron chi connectivity index (χ0n) is 10.9. The number of rotatable bonds is 4. The third kappa shape index (κ3) is 3.28. The summed E-state index contributed by atoms with van der Waals surface area (Å²) in [5.74, 6) is -3.39. The van der Waals surface area contributed by atoms with E-state index in [2.05, 4.69) is 10.3 Å². The predicted molar refractivity (Wildman–Crippen MR) is 66.9 cm³/mol. The van der Waals surface area contributed by atoms with Crippen LogP contribution in [0.2, 0.25) is 0 Å². The van der Waals surface area contributed by atoms with Crippen molar-refractivity contribution >= 4 is 11.8 Å². The molecule has 0 saturated carbocycles. The van der Waals surface area contributed by atoms with Crippen LogP contribution >= 0.6 is 0 Å². The monoisotopic (exact) mass is 283 g/mol. The number of halogens is 2. The summed E-state index contributed by atoms with van der Waals surface area (Å²) in [6, 6.07) is 1.09. The highest BCUT2D eigenvalue weighted by molar-refractivity contribution is 5.94. The van der Waals surface area contributed by atoms with Gasteiger partial charge in [-0.1, -0.05) is 0 Å². The SMILES string of the molecule is O=C(NCCC(=O)N1CCCC1)c1ccnc(F)c1F. The average molecular weight is 283 g/mol. The van der Waals surface area contributed by atoms with E-state index in [1.165, 1.54) is 0 Å². The molecule has 5 nitrogen and oxygen atoms in total. The van der Waals surface area contributed by atoms with E-state index in [1.807, 2.05) is 0 Å². The Balaban J connectivity index is 1.83. The number of pyridine rings is 1. The standard InChI is InChI=1S/C13H15F2N3O2/c14-11-9(3-5-16-12(11)15)13(20)17-6-4-10(19)18-7-1-2-8-18/h3,5H,1-2,4,6-8H2,(H,17,20). The molecule has 1 saturated heterocycles. The number of aromatic nitrogens is 1. The Morgan fingerprint density at radius 3 is 2.70 bits per heavy atom. The summed E-state index contributed by atoms with van der Waals surface area (Å²) in [6.45, 7) is 1.59. The first-order valence-electron chi connectivity index (χ1n) is 6.45. The smallest absolute Gasteiger partial charge is 0.254 e. The maximum atomic E-state index is 13.3. The van der Waals surface area contributed by atoms with Gasteiger partial charge in [-0.15, -0.1) is 0 Å². The third-order valence-electron chi connectivity index (χ3n) is 3.17. The molecule has 1 aliphatic heterocycles. The van der Waals surface area contributed by atoms with Crippen molar-refractivity contribution in [3.05, 3.63) is 29.6 Å². The van der Waals surface area contributed by atoms with Crippen LogP contribution in [0.5, 0.6) is 0 Å². The van der Waals surface area contributed by atoms with Gasteiger partial charge in [0.05, 0.1) is 5.56 Å². The van der Waals surface area contributed by atoms with Crippen LogP contribution in [0.3, 0.4) is 0 Å². The molecule has 1 fully saturated rings. The fourth-order valence-corrected chi connectivity index (χ4v) is 2.10. The van der Waals surface area contributed by atoms with Crippen molar-refractivity contribution in [2.24, 2.45) is 0 Å². The van der Waals surface area contributed by atoms with E-state index >= 15 is 0 Å². The molecule has 0 radical (unpaired) electrons. The van der Waals surface area contributed by atoms with E-state index < -0.39 is 23.2 Å². The van der Waals surface area contributed by atoms with E-state index in [-0.39, 0.29) is 18.9 Å². The minimum absolute atomic E-state index is 0.0378. The molecule has 2 heterocycles. The fourth-order valence-electron chi connectivity index (χ4n) is 2.10. The number of carbonyl (C=O) groups excluding carboxylic acids is 2. The van der Waals surface area contributed by atoms with Gasteiger partial charge in [0.25, 0.3) is 5.91 Å². The summed E-state index contributed by atoms with van der Waals surface area (Å²) in [4.78, 5) is 28.2. The van der Waals surface area contributed by atoms with Crippen molar-refractivity contribution in [2.45, 2.75) is 19.3 Å². The number of hydrogen-bond acceptors (Lipinski definition) is 3. The molecule has 2 amide bonds. The Hall–Kier alpha value is -2.05. The van der Waals surface area contributed by atoms with Crippen molar-refractivity contribution < 1.29 is 18.4 Å².